The van der Waals surface area contributed by atoms with Gasteiger partial charge in [0.15, 0.2) is 5.75 Å². The van der Waals surface area contributed by atoms with E-state index in [-0.39, 0.29) is 23.2 Å². The smallest absolute Gasteiger partial charge is 0.264 e. The van der Waals surface area contributed by atoms with E-state index in [0.717, 1.165) is 23.4 Å². The van der Waals surface area contributed by atoms with E-state index in [1.165, 1.54) is 37.7 Å². The van der Waals surface area contributed by atoms with Crippen LogP contribution in [0.2, 0.25) is 0 Å². The van der Waals surface area contributed by atoms with Crippen LogP contribution < -0.4 is 20.1 Å². The number of aliphatic hydroxyl groups excluding tert-OH is 2. The number of nitrogens with zero attached hydrogens (tertiary/aromatic N) is 2. The minimum absolute atomic E-state index is 0.00269. The molecule has 1 aromatic heterocycles. The second kappa shape index (κ2) is 13.2. The van der Waals surface area contributed by atoms with E-state index >= 15 is 0 Å². The molecule has 4 aromatic rings. The van der Waals surface area contributed by atoms with Gasteiger partial charge >= 0.3 is 0 Å². The first kappa shape index (κ1) is 28.8. The van der Waals surface area contributed by atoms with Crippen molar-refractivity contribution in [1.29, 1.82) is 0 Å². The molecule has 0 bridgehead atoms. The van der Waals surface area contributed by atoms with Crippen molar-refractivity contribution in [2.24, 2.45) is 0 Å². The molecule has 1 unspecified atom stereocenters. The number of sulfonamides is 1. The molecule has 0 aliphatic heterocycles. The average molecular weight is 566 g/mol. The van der Waals surface area contributed by atoms with E-state index in [1.54, 1.807) is 24.3 Å². The summed E-state index contributed by atoms with van der Waals surface area (Å²) in [5.41, 5.74) is 3.68. The summed E-state index contributed by atoms with van der Waals surface area (Å²) in [6.45, 7) is 0.695. The lowest BCUT2D eigenvalue weighted by atomic mass is 10.1. The van der Waals surface area contributed by atoms with Gasteiger partial charge in [0.1, 0.15) is 5.75 Å². The van der Waals surface area contributed by atoms with Crippen LogP contribution >= 0.6 is 0 Å². The molecule has 12 heteroatoms. The number of hydrogen-bond acceptors (Lipinski definition) is 10. The summed E-state index contributed by atoms with van der Waals surface area (Å²) in [7, 11) is -2.38. The second-order valence-electron chi connectivity index (χ2n) is 8.91. The number of benzene rings is 3. The van der Waals surface area contributed by atoms with Crippen LogP contribution in [0.5, 0.6) is 11.5 Å². The summed E-state index contributed by atoms with van der Waals surface area (Å²) in [5, 5.41) is 35.8. The molecule has 40 heavy (non-hydrogen) atoms. The van der Waals surface area contributed by atoms with Gasteiger partial charge in [0.2, 0.25) is 5.95 Å². The lowest BCUT2D eigenvalue weighted by Crippen LogP contribution is -2.23. The van der Waals surface area contributed by atoms with Gasteiger partial charge in [0.05, 0.1) is 37.1 Å². The molecular formula is C28H31N5O6S. The highest BCUT2D eigenvalue weighted by Crippen LogP contribution is 2.23. The predicted octanol–water partition coefficient (Wildman–Crippen LogP) is 3.09. The minimum atomic E-state index is -3.85. The number of methoxy groups -OCH3 is 1. The van der Waals surface area contributed by atoms with Crippen LogP contribution in [0.4, 0.5) is 17.3 Å². The first-order valence-corrected chi connectivity index (χ1v) is 13.9. The normalized spacial score (nSPS) is 12.1. The number of phenols is 1. The molecule has 0 amide bonds. The Morgan fingerprint density at radius 1 is 0.950 bits per heavy atom. The van der Waals surface area contributed by atoms with Crippen LogP contribution in [0, 0.1) is 0 Å². The van der Waals surface area contributed by atoms with Crippen LogP contribution in [0.25, 0.3) is 0 Å². The molecule has 3 aromatic carbocycles. The number of ether oxygens (including phenoxy) is 1. The Balaban J connectivity index is 1.24. The van der Waals surface area contributed by atoms with E-state index in [4.69, 9.17) is 4.74 Å². The van der Waals surface area contributed by atoms with Crippen molar-refractivity contribution in [2.75, 3.05) is 30.2 Å². The van der Waals surface area contributed by atoms with Crippen LogP contribution in [-0.4, -0.2) is 53.9 Å². The van der Waals surface area contributed by atoms with Crippen molar-refractivity contribution in [2.45, 2.75) is 24.0 Å². The fourth-order valence-electron chi connectivity index (χ4n) is 3.82. The molecule has 1 heterocycles. The molecule has 6 N–H and O–H groups in total. The third kappa shape index (κ3) is 7.67. The van der Waals surface area contributed by atoms with Crippen molar-refractivity contribution >= 4 is 27.3 Å². The van der Waals surface area contributed by atoms with Gasteiger partial charge in [0, 0.05) is 23.5 Å². The summed E-state index contributed by atoms with van der Waals surface area (Å²) < 4.78 is 32.6. The van der Waals surface area contributed by atoms with Gasteiger partial charge in [-0.15, -0.1) is 0 Å². The Labute approximate surface area is 232 Å². The Kier molecular flexibility index (Phi) is 9.51. The van der Waals surface area contributed by atoms with E-state index in [0.29, 0.717) is 30.0 Å². The fraction of sp³-hybridized carbons (Fsp3) is 0.214. The average Bonchev–Trinajstić information content (AvgIpc) is 2.97. The first-order chi connectivity index (χ1) is 19.3. The number of anilines is 3. The quantitative estimate of drug-likeness (QED) is 0.133. The van der Waals surface area contributed by atoms with E-state index in [1.807, 2.05) is 24.3 Å². The molecular weight excluding hydrogens is 534 g/mol. The monoisotopic (exact) mass is 565 g/mol. The zero-order valence-corrected chi connectivity index (χ0v) is 22.6. The molecule has 0 saturated carbocycles. The summed E-state index contributed by atoms with van der Waals surface area (Å²) in [4.78, 5) is 7.92. The summed E-state index contributed by atoms with van der Waals surface area (Å²) in [6.07, 6.45) is 2.74. The van der Waals surface area contributed by atoms with Crippen molar-refractivity contribution in [1.82, 2.24) is 15.3 Å². The largest absolute Gasteiger partial charge is 0.508 e. The van der Waals surface area contributed by atoms with Crippen LogP contribution in [0.15, 0.2) is 84.0 Å². The van der Waals surface area contributed by atoms with Crippen LogP contribution in [-0.2, 0) is 23.1 Å². The second-order valence-corrected chi connectivity index (χ2v) is 10.6. The van der Waals surface area contributed by atoms with Crippen molar-refractivity contribution < 1.29 is 28.5 Å². The highest BCUT2D eigenvalue weighted by Gasteiger charge is 2.16. The Morgan fingerprint density at radius 2 is 1.60 bits per heavy atom. The van der Waals surface area contributed by atoms with E-state index in [9.17, 15) is 23.7 Å². The molecule has 4 rings (SSSR count). The standard InChI is InChI=1S/C28H31N5O6S/c1-39-24-15-30-28(31-16-24)33-40(37,38)25-9-7-23(8-10-25)32-22-5-2-19(3-6-22)12-13-29-17-27(36)20-4-11-26(35)21(14-20)18-34/h2-11,14-16,27,29,32,34-36H,12-13,17-18H2,1H3,(H,30,31,33). The molecule has 0 aliphatic rings. The van der Waals surface area contributed by atoms with Gasteiger partial charge in [-0.05, 0) is 72.6 Å². The number of aromatic nitrogens is 2. The zero-order chi connectivity index (χ0) is 28.5. The number of aliphatic hydroxyl groups is 2. The van der Waals surface area contributed by atoms with E-state index in [2.05, 4.69) is 25.3 Å². The van der Waals surface area contributed by atoms with Crippen molar-refractivity contribution in [3.63, 3.8) is 0 Å². The fourth-order valence-corrected chi connectivity index (χ4v) is 4.78. The molecule has 1 atom stereocenters. The number of nitrogens with one attached hydrogen (secondary N) is 3. The van der Waals surface area contributed by atoms with Crippen LogP contribution in [0.1, 0.15) is 22.8 Å². The predicted molar refractivity (Wildman–Crippen MR) is 151 cm³/mol. The molecule has 0 saturated heterocycles. The van der Waals surface area contributed by atoms with Crippen LogP contribution in [0.3, 0.4) is 0 Å². The maximum Gasteiger partial charge on any atom is 0.264 e. The molecule has 0 spiro atoms. The van der Waals surface area contributed by atoms with Gasteiger partial charge in [-0.1, -0.05) is 18.2 Å². The first-order valence-electron chi connectivity index (χ1n) is 12.4. The molecule has 0 aliphatic carbocycles. The van der Waals surface area contributed by atoms with Gasteiger partial charge in [-0.3, -0.25) is 0 Å². The molecule has 210 valence electrons. The highest BCUT2D eigenvalue weighted by atomic mass is 32.2. The lowest BCUT2D eigenvalue weighted by Gasteiger charge is -2.14. The maximum absolute atomic E-state index is 12.6. The maximum atomic E-state index is 12.6. The molecule has 0 fully saturated rings. The number of hydrogen-bond donors (Lipinski definition) is 6. The minimum Gasteiger partial charge on any atom is -0.508 e. The SMILES string of the molecule is COc1cnc(NS(=O)(=O)c2ccc(Nc3ccc(CCNCC(O)c4ccc(O)c(CO)c4)cc3)cc2)nc1. The molecule has 11 nitrogen and oxygen atoms in total. The van der Waals surface area contributed by atoms with Gasteiger partial charge in [-0.2, -0.15) is 0 Å². The Bertz CT molecular complexity index is 1500. The number of aromatic hydroxyl groups is 1. The number of rotatable bonds is 13. The van der Waals surface area contributed by atoms with Gasteiger partial charge < -0.3 is 30.7 Å². The summed E-state index contributed by atoms with van der Waals surface area (Å²) in [6, 6.07) is 18.9. The summed E-state index contributed by atoms with van der Waals surface area (Å²) >= 11 is 0. The van der Waals surface area contributed by atoms with E-state index < -0.39 is 16.1 Å². The lowest BCUT2D eigenvalue weighted by molar-refractivity contribution is 0.174. The van der Waals surface area contributed by atoms with Crippen molar-refractivity contribution in [3.8, 4) is 11.5 Å². The summed E-state index contributed by atoms with van der Waals surface area (Å²) in [5.74, 6) is 0.370. The molecule has 0 radical (unpaired) electrons. The third-order valence-electron chi connectivity index (χ3n) is 6.08. The van der Waals surface area contributed by atoms with Crippen molar-refractivity contribution in [3.05, 3.63) is 95.8 Å². The Morgan fingerprint density at radius 3 is 2.23 bits per heavy atom. The third-order valence-corrected chi connectivity index (χ3v) is 7.43. The van der Waals surface area contributed by atoms with Gasteiger partial charge in [-0.25, -0.2) is 23.1 Å². The highest BCUT2D eigenvalue weighted by molar-refractivity contribution is 7.92. The topological polar surface area (TPSA) is 166 Å². The van der Waals surface area contributed by atoms with Gasteiger partial charge in [0.25, 0.3) is 10.0 Å². The zero-order valence-electron chi connectivity index (χ0n) is 21.8. The Hall–Kier alpha value is -4.23.